The number of nitrogens with one attached hydrogen (secondary N) is 2. The second-order valence-corrected chi connectivity index (χ2v) is 8.01. The van der Waals surface area contributed by atoms with Crippen LogP contribution >= 0.6 is 11.3 Å². The van der Waals surface area contributed by atoms with Crippen molar-refractivity contribution in [3.05, 3.63) is 40.9 Å². The van der Waals surface area contributed by atoms with E-state index in [0.29, 0.717) is 6.04 Å². The molecule has 3 nitrogen and oxygen atoms in total. The fourth-order valence-corrected chi connectivity index (χ4v) is 3.16. The Labute approximate surface area is 144 Å². The van der Waals surface area contributed by atoms with Crippen molar-refractivity contribution in [3.8, 4) is 0 Å². The first-order valence-electron chi connectivity index (χ1n) is 8.44. The summed E-state index contributed by atoms with van der Waals surface area (Å²) in [6.45, 7) is 12.2. The molecule has 0 aliphatic heterocycles. The molecular weight excluding hydrogens is 302 g/mol. The maximum Gasteiger partial charge on any atom is 0.187 e. The second-order valence-electron chi connectivity index (χ2n) is 7.16. The number of anilines is 2. The molecule has 2 rings (SSSR count). The summed E-state index contributed by atoms with van der Waals surface area (Å²) in [6.07, 6.45) is 2.14. The van der Waals surface area contributed by atoms with Crippen LogP contribution in [0.15, 0.2) is 29.6 Å². The second kappa shape index (κ2) is 7.93. The zero-order chi connectivity index (χ0) is 16.9. The number of rotatable bonds is 7. The van der Waals surface area contributed by atoms with Gasteiger partial charge >= 0.3 is 0 Å². The summed E-state index contributed by atoms with van der Waals surface area (Å²) in [5, 5.41) is 10.0. The summed E-state index contributed by atoms with van der Waals surface area (Å²) in [6, 6.07) is 9.11. The smallest absolute Gasteiger partial charge is 0.187 e. The Balaban J connectivity index is 1.94. The summed E-state index contributed by atoms with van der Waals surface area (Å²) in [5.41, 5.74) is 3.78. The van der Waals surface area contributed by atoms with E-state index in [1.54, 1.807) is 11.3 Å². The molecule has 1 heterocycles. The van der Waals surface area contributed by atoms with E-state index in [-0.39, 0.29) is 5.41 Å². The van der Waals surface area contributed by atoms with Gasteiger partial charge in [-0.05, 0) is 43.0 Å². The maximum absolute atomic E-state index is 4.69. The first kappa shape index (κ1) is 18.0. The third-order valence-electron chi connectivity index (χ3n) is 3.81. The lowest BCUT2D eigenvalue weighted by Crippen LogP contribution is -2.28. The van der Waals surface area contributed by atoms with E-state index in [2.05, 4.69) is 74.9 Å². The van der Waals surface area contributed by atoms with Crippen molar-refractivity contribution in [2.75, 3.05) is 11.9 Å². The highest BCUT2D eigenvalue weighted by molar-refractivity contribution is 7.13. The zero-order valence-corrected chi connectivity index (χ0v) is 15.8. The standard InChI is InChI=1S/C19H29N3S/c1-6-11-20-14(2)12-17-13-23-18(22-17)21-16-9-7-15(8-10-16)19(3,4)5/h7-10,13-14,20H,6,11-12H2,1-5H3,(H,21,22). The van der Waals surface area contributed by atoms with Gasteiger partial charge < -0.3 is 10.6 Å². The largest absolute Gasteiger partial charge is 0.332 e. The zero-order valence-electron chi connectivity index (χ0n) is 14.9. The van der Waals surface area contributed by atoms with Crippen molar-refractivity contribution in [3.63, 3.8) is 0 Å². The number of nitrogens with zero attached hydrogens (tertiary/aromatic N) is 1. The SMILES string of the molecule is CCCNC(C)Cc1csc(Nc2ccc(C(C)(C)C)cc2)n1. The molecule has 0 spiro atoms. The summed E-state index contributed by atoms with van der Waals surface area (Å²) in [4.78, 5) is 4.69. The molecular formula is C19H29N3S. The van der Waals surface area contributed by atoms with Crippen LogP contribution in [-0.2, 0) is 11.8 Å². The van der Waals surface area contributed by atoms with Gasteiger partial charge in [-0.2, -0.15) is 0 Å². The maximum atomic E-state index is 4.69. The lowest BCUT2D eigenvalue weighted by Gasteiger charge is -2.19. The highest BCUT2D eigenvalue weighted by Gasteiger charge is 2.13. The number of thiazole rings is 1. The summed E-state index contributed by atoms with van der Waals surface area (Å²) in [7, 11) is 0. The monoisotopic (exact) mass is 331 g/mol. The van der Waals surface area contributed by atoms with Crippen LogP contribution in [0.1, 0.15) is 52.3 Å². The first-order valence-corrected chi connectivity index (χ1v) is 9.32. The molecule has 0 bridgehead atoms. The number of benzene rings is 1. The van der Waals surface area contributed by atoms with Gasteiger partial charge in [0, 0.05) is 23.5 Å². The quantitative estimate of drug-likeness (QED) is 0.740. The molecule has 0 aliphatic carbocycles. The average molecular weight is 332 g/mol. The van der Waals surface area contributed by atoms with Crippen LogP contribution in [0.25, 0.3) is 0 Å². The molecule has 126 valence electrons. The van der Waals surface area contributed by atoms with Crippen LogP contribution in [0.4, 0.5) is 10.8 Å². The molecule has 0 saturated heterocycles. The van der Waals surface area contributed by atoms with Crippen molar-refractivity contribution in [2.24, 2.45) is 0 Å². The summed E-state index contributed by atoms with van der Waals surface area (Å²) < 4.78 is 0. The first-order chi connectivity index (χ1) is 10.9. The molecule has 1 atom stereocenters. The summed E-state index contributed by atoms with van der Waals surface area (Å²) in [5.74, 6) is 0. The molecule has 1 unspecified atom stereocenters. The van der Waals surface area contributed by atoms with Crippen molar-refractivity contribution in [1.29, 1.82) is 0 Å². The van der Waals surface area contributed by atoms with Gasteiger partial charge in [-0.3, -0.25) is 0 Å². The Morgan fingerprint density at radius 3 is 2.48 bits per heavy atom. The molecule has 1 aromatic carbocycles. The molecule has 0 saturated carbocycles. The highest BCUT2D eigenvalue weighted by atomic mass is 32.1. The molecule has 0 aliphatic rings. The van der Waals surface area contributed by atoms with Crippen LogP contribution in [-0.4, -0.2) is 17.6 Å². The van der Waals surface area contributed by atoms with Gasteiger partial charge in [0.25, 0.3) is 0 Å². The molecule has 0 fully saturated rings. The number of aromatic nitrogens is 1. The topological polar surface area (TPSA) is 37.0 Å². The Morgan fingerprint density at radius 1 is 1.17 bits per heavy atom. The van der Waals surface area contributed by atoms with Crippen molar-refractivity contribution in [1.82, 2.24) is 10.3 Å². The van der Waals surface area contributed by atoms with Gasteiger partial charge in [-0.15, -0.1) is 11.3 Å². The van der Waals surface area contributed by atoms with Gasteiger partial charge in [0.15, 0.2) is 5.13 Å². The predicted octanol–water partition coefficient (Wildman–Crippen LogP) is 5.11. The third kappa shape index (κ3) is 5.63. The molecule has 4 heteroatoms. The molecule has 23 heavy (non-hydrogen) atoms. The van der Waals surface area contributed by atoms with E-state index in [9.17, 15) is 0 Å². The van der Waals surface area contributed by atoms with Crippen molar-refractivity contribution < 1.29 is 0 Å². The Hall–Kier alpha value is -1.39. The van der Waals surface area contributed by atoms with Gasteiger partial charge in [0.2, 0.25) is 0 Å². The number of hydrogen-bond acceptors (Lipinski definition) is 4. The van der Waals surface area contributed by atoms with E-state index in [1.165, 1.54) is 12.0 Å². The molecule has 1 aromatic heterocycles. The summed E-state index contributed by atoms with van der Waals surface area (Å²) >= 11 is 1.67. The lowest BCUT2D eigenvalue weighted by molar-refractivity contribution is 0.540. The predicted molar refractivity (Wildman–Crippen MR) is 102 cm³/mol. The van der Waals surface area contributed by atoms with E-state index < -0.39 is 0 Å². The third-order valence-corrected chi connectivity index (χ3v) is 4.62. The van der Waals surface area contributed by atoms with Gasteiger partial charge in [0.1, 0.15) is 0 Å². The van der Waals surface area contributed by atoms with Crippen LogP contribution in [0, 0.1) is 0 Å². The molecule has 0 radical (unpaired) electrons. The highest BCUT2D eigenvalue weighted by Crippen LogP contribution is 2.26. The fraction of sp³-hybridized carbons (Fsp3) is 0.526. The minimum Gasteiger partial charge on any atom is -0.332 e. The van der Waals surface area contributed by atoms with Gasteiger partial charge in [-0.1, -0.05) is 39.8 Å². The minimum atomic E-state index is 0.189. The molecule has 0 amide bonds. The van der Waals surface area contributed by atoms with Crippen LogP contribution in [0.3, 0.4) is 0 Å². The van der Waals surface area contributed by atoms with Crippen molar-refractivity contribution in [2.45, 2.75) is 58.9 Å². The average Bonchev–Trinajstić information content (AvgIpc) is 2.91. The Bertz CT molecular complexity index is 596. The van der Waals surface area contributed by atoms with Crippen LogP contribution < -0.4 is 10.6 Å². The number of hydrogen-bond donors (Lipinski definition) is 2. The van der Waals surface area contributed by atoms with Crippen molar-refractivity contribution >= 4 is 22.2 Å². The fourth-order valence-electron chi connectivity index (χ4n) is 2.41. The Morgan fingerprint density at radius 2 is 1.87 bits per heavy atom. The lowest BCUT2D eigenvalue weighted by atomic mass is 9.87. The van der Waals surface area contributed by atoms with E-state index in [4.69, 9.17) is 4.98 Å². The molecule has 2 aromatic rings. The van der Waals surface area contributed by atoms with E-state index in [0.717, 1.165) is 29.5 Å². The molecule has 2 N–H and O–H groups in total. The van der Waals surface area contributed by atoms with Gasteiger partial charge in [0.05, 0.1) is 5.69 Å². The van der Waals surface area contributed by atoms with Crippen LogP contribution in [0.5, 0.6) is 0 Å². The van der Waals surface area contributed by atoms with E-state index >= 15 is 0 Å². The van der Waals surface area contributed by atoms with E-state index in [1.807, 2.05) is 0 Å². The van der Waals surface area contributed by atoms with Crippen LogP contribution in [0.2, 0.25) is 0 Å². The normalized spacial score (nSPS) is 13.1. The minimum absolute atomic E-state index is 0.189. The van der Waals surface area contributed by atoms with Gasteiger partial charge in [-0.25, -0.2) is 4.98 Å². The Kier molecular flexibility index (Phi) is 6.19.